The normalized spacial score (nSPS) is 19.4. The van der Waals surface area contributed by atoms with Gasteiger partial charge in [0.2, 0.25) is 11.8 Å². The number of nitrogens with zero attached hydrogens (tertiary/aromatic N) is 4. The molecule has 1 saturated heterocycles. The first-order valence-corrected chi connectivity index (χ1v) is 7.01. The number of aromatic nitrogens is 2. The molecule has 0 spiro atoms. The van der Waals surface area contributed by atoms with Crippen molar-refractivity contribution in [1.29, 1.82) is 0 Å². The summed E-state index contributed by atoms with van der Waals surface area (Å²) in [6.45, 7) is 2.76. The second kappa shape index (κ2) is 5.28. The number of likely N-dealkylation sites (tertiary alicyclic amines) is 1. The first-order chi connectivity index (χ1) is 9.22. The lowest BCUT2D eigenvalue weighted by Crippen LogP contribution is -2.37. The lowest BCUT2D eigenvalue weighted by Gasteiger charge is -2.19. The zero-order valence-electron chi connectivity index (χ0n) is 11.3. The van der Waals surface area contributed by atoms with E-state index < -0.39 is 0 Å². The van der Waals surface area contributed by atoms with Gasteiger partial charge in [0.25, 0.3) is 0 Å². The van der Waals surface area contributed by atoms with E-state index in [2.05, 4.69) is 10.1 Å². The highest BCUT2D eigenvalue weighted by Crippen LogP contribution is 2.38. The smallest absolute Gasteiger partial charge is 0.240 e. The molecule has 1 aromatic heterocycles. The number of likely N-dealkylation sites (N-methyl/N-ethyl adjacent to an activating group) is 1. The highest BCUT2D eigenvalue weighted by Gasteiger charge is 2.29. The summed E-state index contributed by atoms with van der Waals surface area (Å²) in [4.78, 5) is 20.2. The molecule has 2 fully saturated rings. The molecule has 2 aliphatic rings. The van der Waals surface area contributed by atoms with E-state index in [1.165, 1.54) is 12.8 Å². The van der Waals surface area contributed by atoms with Gasteiger partial charge < -0.3 is 9.42 Å². The quantitative estimate of drug-likeness (QED) is 0.794. The Morgan fingerprint density at radius 2 is 2.16 bits per heavy atom. The van der Waals surface area contributed by atoms with Gasteiger partial charge in [0.05, 0.1) is 13.1 Å². The molecule has 0 aromatic carbocycles. The average molecular weight is 264 g/mol. The summed E-state index contributed by atoms with van der Waals surface area (Å²) < 4.78 is 5.22. The van der Waals surface area contributed by atoms with Crippen LogP contribution in [-0.2, 0) is 11.3 Å². The summed E-state index contributed by atoms with van der Waals surface area (Å²) in [6, 6.07) is 0. The van der Waals surface area contributed by atoms with Crippen LogP contribution in [0.25, 0.3) is 0 Å². The molecular weight excluding hydrogens is 244 g/mol. The average Bonchev–Trinajstić information content (AvgIpc) is 2.91. The number of carbonyl (C=O) groups excluding carboxylic acids is 1. The molecular formula is C13H20N4O2. The summed E-state index contributed by atoms with van der Waals surface area (Å²) in [7, 11) is 1.91. The van der Waals surface area contributed by atoms with E-state index in [1.807, 2.05) is 16.8 Å². The Morgan fingerprint density at radius 3 is 2.84 bits per heavy atom. The van der Waals surface area contributed by atoms with E-state index in [9.17, 15) is 4.79 Å². The third-order valence-corrected chi connectivity index (χ3v) is 3.70. The summed E-state index contributed by atoms with van der Waals surface area (Å²) in [5.41, 5.74) is 0. The lowest BCUT2D eigenvalue weighted by molar-refractivity contribution is -0.131. The number of carbonyl (C=O) groups is 1. The van der Waals surface area contributed by atoms with Gasteiger partial charge in [-0.15, -0.1) is 0 Å². The molecule has 104 valence electrons. The van der Waals surface area contributed by atoms with E-state index in [-0.39, 0.29) is 5.91 Å². The van der Waals surface area contributed by atoms with Gasteiger partial charge in [0.15, 0.2) is 5.82 Å². The van der Waals surface area contributed by atoms with Crippen LogP contribution in [0.2, 0.25) is 0 Å². The van der Waals surface area contributed by atoms with Crippen LogP contribution in [-0.4, -0.2) is 52.5 Å². The van der Waals surface area contributed by atoms with Crippen LogP contribution in [0.1, 0.15) is 43.3 Å². The molecule has 1 aliphatic heterocycles. The van der Waals surface area contributed by atoms with E-state index in [1.54, 1.807) is 0 Å². The summed E-state index contributed by atoms with van der Waals surface area (Å²) >= 11 is 0. The van der Waals surface area contributed by atoms with Crippen LogP contribution >= 0.6 is 0 Å². The SMILES string of the molecule is CN(CC(=O)N1CCCC1)Cc1nc(C2CC2)no1. The van der Waals surface area contributed by atoms with E-state index in [4.69, 9.17) is 4.52 Å². The van der Waals surface area contributed by atoms with Gasteiger partial charge in [0, 0.05) is 19.0 Å². The highest BCUT2D eigenvalue weighted by molar-refractivity contribution is 5.78. The van der Waals surface area contributed by atoms with Crippen molar-refractivity contribution in [2.45, 2.75) is 38.1 Å². The zero-order valence-corrected chi connectivity index (χ0v) is 11.3. The minimum Gasteiger partial charge on any atom is -0.342 e. The Hall–Kier alpha value is -1.43. The maximum absolute atomic E-state index is 12.0. The van der Waals surface area contributed by atoms with E-state index in [0.717, 1.165) is 31.8 Å². The maximum atomic E-state index is 12.0. The molecule has 1 amide bonds. The molecule has 1 saturated carbocycles. The Kier molecular flexibility index (Phi) is 3.50. The Bertz CT molecular complexity index is 449. The molecule has 0 atom stereocenters. The Labute approximate surface area is 112 Å². The van der Waals surface area contributed by atoms with Crippen LogP contribution in [0, 0.1) is 0 Å². The molecule has 0 N–H and O–H groups in total. The minimum atomic E-state index is 0.196. The van der Waals surface area contributed by atoms with E-state index in [0.29, 0.717) is 24.9 Å². The number of amides is 1. The molecule has 1 aliphatic carbocycles. The van der Waals surface area contributed by atoms with Crippen molar-refractivity contribution in [1.82, 2.24) is 19.9 Å². The van der Waals surface area contributed by atoms with Crippen molar-refractivity contribution in [3.05, 3.63) is 11.7 Å². The van der Waals surface area contributed by atoms with Crippen LogP contribution in [0.3, 0.4) is 0 Å². The van der Waals surface area contributed by atoms with Crippen molar-refractivity contribution in [3.63, 3.8) is 0 Å². The third-order valence-electron chi connectivity index (χ3n) is 3.70. The summed E-state index contributed by atoms with van der Waals surface area (Å²) in [5.74, 6) is 2.14. The molecule has 0 unspecified atom stereocenters. The molecule has 19 heavy (non-hydrogen) atoms. The third kappa shape index (κ3) is 3.12. The second-order valence-corrected chi connectivity index (χ2v) is 5.58. The fraction of sp³-hybridized carbons (Fsp3) is 0.769. The predicted octanol–water partition coefficient (Wildman–Crippen LogP) is 1.00. The zero-order chi connectivity index (χ0) is 13.2. The van der Waals surface area contributed by atoms with Gasteiger partial charge in [-0.1, -0.05) is 5.16 Å². The lowest BCUT2D eigenvalue weighted by atomic mass is 10.4. The fourth-order valence-corrected chi connectivity index (χ4v) is 2.42. The molecule has 6 heteroatoms. The molecule has 3 rings (SSSR count). The largest absolute Gasteiger partial charge is 0.342 e. The monoisotopic (exact) mass is 264 g/mol. The second-order valence-electron chi connectivity index (χ2n) is 5.58. The van der Waals surface area contributed by atoms with Crippen molar-refractivity contribution in [2.75, 3.05) is 26.7 Å². The van der Waals surface area contributed by atoms with Crippen molar-refractivity contribution in [2.24, 2.45) is 0 Å². The van der Waals surface area contributed by atoms with Crippen LogP contribution in [0.5, 0.6) is 0 Å². The number of hydrogen-bond donors (Lipinski definition) is 0. The van der Waals surface area contributed by atoms with Gasteiger partial charge in [-0.2, -0.15) is 4.98 Å². The maximum Gasteiger partial charge on any atom is 0.240 e. The van der Waals surface area contributed by atoms with Crippen molar-refractivity contribution in [3.8, 4) is 0 Å². The highest BCUT2D eigenvalue weighted by atomic mass is 16.5. The fourth-order valence-electron chi connectivity index (χ4n) is 2.42. The first-order valence-electron chi connectivity index (χ1n) is 7.01. The molecule has 0 bridgehead atoms. The van der Waals surface area contributed by atoms with Gasteiger partial charge in [-0.3, -0.25) is 9.69 Å². The molecule has 0 radical (unpaired) electrons. The number of hydrogen-bond acceptors (Lipinski definition) is 5. The topological polar surface area (TPSA) is 62.5 Å². The minimum absolute atomic E-state index is 0.196. The van der Waals surface area contributed by atoms with Crippen LogP contribution < -0.4 is 0 Å². The van der Waals surface area contributed by atoms with Gasteiger partial charge >= 0.3 is 0 Å². The van der Waals surface area contributed by atoms with E-state index >= 15 is 0 Å². The first kappa shape index (κ1) is 12.6. The molecule has 1 aromatic rings. The molecule has 2 heterocycles. The summed E-state index contributed by atoms with van der Waals surface area (Å²) in [6.07, 6.45) is 4.60. The van der Waals surface area contributed by atoms with Gasteiger partial charge in [-0.25, -0.2) is 0 Å². The summed E-state index contributed by atoms with van der Waals surface area (Å²) in [5, 5.41) is 3.98. The van der Waals surface area contributed by atoms with Crippen molar-refractivity contribution < 1.29 is 9.32 Å². The Morgan fingerprint density at radius 1 is 1.42 bits per heavy atom. The van der Waals surface area contributed by atoms with Crippen LogP contribution in [0.4, 0.5) is 0 Å². The molecule has 6 nitrogen and oxygen atoms in total. The van der Waals surface area contributed by atoms with Gasteiger partial charge in [-0.05, 0) is 32.7 Å². The predicted molar refractivity (Wildman–Crippen MR) is 68.4 cm³/mol. The number of rotatable bonds is 5. The van der Waals surface area contributed by atoms with Crippen molar-refractivity contribution >= 4 is 5.91 Å². The van der Waals surface area contributed by atoms with Gasteiger partial charge in [0.1, 0.15) is 0 Å². The standard InChI is InChI=1S/C13H20N4O2/c1-16(9-12(18)17-6-2-3-7-17)8-11-14-13(15-19-11)10-4-5-10/h10H,2-9H2,1H3. The Balaban J connectivity index is 1.49. The van der Waals surface area contributed by atoms with Crippen LogP contribution in [0.15, 0.2) is 4.52 Å².